The van der Waals surface area contributed by atoms with Crippen molar-refractivity contribution in [1.29, 1.82) is 0 Å². The van der Waals surface area contributed by atoms with Crippen LogP contribution in [0.3, 0.4) is 0 Å². The van der Waals surface area contributed by atoms with Gasteiger partial charge >= 0.3 is 0 Å². The van der Waals surface area contributed by atoms with Gasteiger partial charge in [0.1, 0.15) is 5.82 Å². The molecule has 0 unspecified atom stereocenters. The molecule has 1 fully saturated rings. The van der Waals surface area contributed by atoms with Gasteiger partial charge in [0.05, 0.1) is 6.42 Å². The SMILES string of the molecule is Cc1ccc(Cl)cc1N1CCN(C(=O)Cc2cccc(F)c2)CC1. The van der Waals surface area contributed by atoms with Crippen molar-refractivity contribution < 1.29 is 9.18 Å². The molecule has 0 radical (unpaired) electrons. The Morgan fingerprint density at radius 3 is 2.58 bits per heavy atom. The molecular weight excluding hydrogens is 327 g/mol. The van der Waals surface area contributed by atoms with E-state index in [-0.39, 0.29) is 18.1 Å². The molecule has 1 aliphatic heterocycles. The zero-order valence-electron chi connectivity index (χ0n) is 13.6. The zero-order valence-corrected chi connectivity index (χ0v) is 14.4. The predicted molar refractivity (Wildman–Crippen MR) is 95.1 cm³/mol. The number of nitrogens with zero attached hydrogens (tertiary/aromatic N) is 2. The summed E-state index contributed by atoms with van der Waals surface area (Å²) < 4.78 is 13.2. The highest BCUT2D eigenvalue weighted by Crippen LogP contribution is 2.25. The summed E-state index contributed by atoms with van der Waals surface area (Å²) in [7, 11) is 0. The maximum Gasteiger partial charge on any atom is 0.227 e. The van der Waals surface area contributed by atoms with Crippen LogP contribution < -0.4 is 4.90 Å². The first-order valence-corrected chi connectivity index (χ1v) is 8.44. The van der Waals surface area contributed by atoms with E-state index in [2.05, 4.69) is 11.8 Å². The Morgan fingerprint density at radius 2 is 1.88 bits per heavy atom. The number of carbonyl (C=O) groups is 1. The number of hydrogen-bond donors (Lipinski definition) is 0. The second-order valence-corrected chi connectivity index (χ2v) is 6.54. The van der Waals surface area contributed by atoms with Gasteiger partial charge in [0, 0.05) is 36.9 Å². The topological polar surface area (TPSA) is 23.6 Å². The molecule has 0 atom stereocenters. The van der Waals surface area contributed by atoms with Crippen molar-refractivity contribution in [3.8, 4) is 0 Å². The number of hydrogen-bond acceptors (Lipinski definition) is 2. The molecule has 0 saturated carbocycles. The van der Waals surface area contributed by atoms with E-state index in [1.807, 2.05) is 23.1 Å². The Balaban J connectivity index is 1.60. The maximum absolute atomic E-state index is 13.2. The molecule has 0 aliphatic carbocycles. The summed E-state index contributed by atoms with van der Waals surface area (Å²) in [5, 5.41) is 0.722. The van der Waals surface area contributed by atoms with E-state index in [0.717, 1.165) is 23.8 Å². The van der Waals surface area contributed by atoms with E-state index in [4.69, 9.17) is 11.6 Å². The quantitative estimate of drug-likeness (QED) is 0.846. The fourth-order valence-corrected chi connectivity index (χ4v) is 3.22. The summed E-state index contributed by atoms with van der Waals surface area (Å²) in [6, 6.07) is 12.1. The van der Waals surface area contributed by atoms with Crippen LogP contribution >= 0.6 is 11.6 Å². The number of carbonyl (C=O) groups excluding carboxylic acids is 1. The Bertz CT molecular complexity index is 742. The first-order chi connectivity index (χ1) is 11.5. The van der Waals surface area contributed by atoms with Crippen LogP contribution in [0.25, 0.3) is 0 Å². The third kappa shape index (κ3) is 3.88. The molecule has 5 heteroatoms. The van der Waals surface area contributed by atoms with Gasteiger partial charge in [-0.1, -0.05) is 29.8 Å². The maximum atomic E-state index is 13.2. The molecule has 2 aromatic carbocycles. The van der Waals surface area contributed by atoms with Crippen LogP contribution in [0.4, 0.5) is 10.1 Å². The molecule has 3 nitrogen and oxygen atoms in total. The van der Waals surface area contributed by atoms with E-state index in [0.29, 0.717) is 18.7 Å². The highest BCUT2D eigenvalue weighted by molar-refractivity contribution is 6.30. The van der Waals surface area contributed by atoms with Gasteiger partial charge in [0.15, 0.2) is 0 Å². The average molecular weight is 347 g/mol. The molecule has 2 aromatic rings. The normalized spacial score (nSPS) is 14.8. The van der Waals surface area contributed by atoms with Gasteiger partial charge < -0.3 is 9.80 Å². The molecule has 1 amide bonds. The lowest BCUT2D eigenvalue weighted by atomic mass is 10.1. The van der Waals surface area contributed by atoms with E-state index in [1.54, 1.807) is 12.1 Å². The van der Waals surface area contributed by atoms with Gasteiger partial charge in [-0.3, -0.25) is 4.79 Å². The van der Waals surface area contributed by atoms with Crippen LogP contribution in [0, 0.1) is 12.7 Å². The number of anilines is 1. The fraction of sp³-hybridized carbons (Fsp3) is 0.316. The summed E-state index contributed by atoms with van der Waals surface area (Å²) in [5.41, 5.74) is 3.02. The predicted octanol–water partition coefficient (Wildman–Crippen LogP) is 3.68. The van der Waals surface area contributed by atoms with E-state index >= 15 is 0 Å². The van der Waals surface area contributed by atoms with Crippen LogP contribution in [-0.4, -0.2) is 37.0 Å². The second-order valence-electron chi connectivity index (χ2n) is 6.11. The van der Waals surface area contributed by atoms with Gasteiger partial charge in [-0.25, -0.2) is 4.39 Å². The molecule has 24 heavy (non-hydrogen) atoms. The minimum Gasteiger partial charge on any atom is -0.368 e. The Hall–Kier alpha value is -2.07. The van der Waals surface area contributed by atoms with E-state index < -0.39 is 0 Å². The first-order valence-electron chi connectivity index (χ1n) is 8.06. The standard InChI is InChI=1S/C19H20ClFN2O/c1-14-5-6-16(20)13-18(14)22-7-9-23(10-8-22)19(24)12-15-3-2-4-17(21)11-15/h2-6,11,13H,7-10,12H2,1H3. The number of halogens is 2. The van der Waals surface area contributed by atoms with Crippen molar-refractivity contribution >= 4 is 23.2 Å². The summed E-state index contributed by atoms with van der Waals surface area (Å²) in [6.07, 6.45) is 0.244. The summed E-state index contributed by atoms with van der Waals surface area (Å²) in [4.78, 5) is 16.5. The van der Waals surface area contributed by atoms with E-state index in [9.17, 15) is 9.18 Å². The van der Waals surface area contributed by atoms with Crippen molar-refractivity contribution in [2.75, 3.05) is 31.1 Å². The average Bonchev–Trinajstić information content (AvgIpc) is 2.57. The molecule has 1 aliphatic rings. The Labute approximate surface area is 146 Å². The lowest BCUT2D eigenvalue weighted by molar-refractivity contribution is -0.130. The van der Waals surface area contributed by atoms with Crippen LogP contribution in [-0.2, 0) is 11.2 Å². The lowest BCUT2D eigenvalue weighted by Gasteiger charge is -2.37. The molecule has 0 spiro atoms. The molecule has 126 valence electrons. The van der Waals surface area contributed by atoms with Crippen LogP contribution in [0.5, 0.6) is 0 Å². The van der Waals surface area contributed by atoms with E-state index in [1.165, 1.54) is 17.7 Å². The molecule has 0 bridgehead atoms. The number of amides is 1. The zero-order chi connectivity index (χ0) is 17.1. The monoisotopic (exact) mass is 346 g/mol. The van der Waals surface area contributed by atoms with Crippen molar-refractivity contribution in [3.63, 3.8) is 0 Å². The largest absolute Gasteiger partial charge is 0.368 e. The third-order valence-electron chi connectivity index (χ3n) is 4.39. The van der Waals surface area contributed by atoms with Gasteiger partial charge in [0.25, 0.3) is 0 Å². The first kappa shape index (κ1) is 16.8. The van der Waals surface area contributed by atoms with Gasteiger partial charge in [-0.15, -0.1) is 0 Å². The number of aryl methyl sites for hydroxylation is 1. The second kappa shape index (κ2) is 7.22. The molecule has 1 saturated heterocycles. The van der Waals surface area contributed by atoms with Gasteiger partial charge in [-0.05, 0) is 42.3 Å². The molecule has 1 heterocycles. The number of benzene rings is 2. The molecule has 0 aromatic heterocycles. The minimum atomic E-state index is -0.304. The number of rotatable bonds is 3. The highest BCUT2D eigenvalue weighted by atomic mass is 35.5. The number of piperazine rings is 1. The smallest absolute Gasteiger partial charge is 0.227 e. The van der Waals surface area contributed by atoms with Gasteiger partial charge in [-0.2, -0.15) is 0 Å². The lowest BCUT2D eigenvalue weighted by Crippen LogP contribution is -2.49. The van der Waals surface area contributed by atoms with Crippen molar-refractivity contribution in [3.05, 3.63) is 64.4 Å². The van der Waals surface area contributed by atoms with Crippen molar-refractivity contribution in [1.82, 2.24) is 4.90 Å². The molecule has 0 N–H and O–H groups in total. The van der Waals surface area contributed by atoms with Crippen LogP contribution in [0.15, 0.2) is 42.5 Å². The highest BCUT2D eigenvalue weighted by Gasteiger charge is 2.22. The Kier molecular flexibility index (Phi) is 5.05. The van der Waals surface area contributed by atoms with Crippen molar-refractivity contribution in [2.45, 2.75) is 13.3 Å². The summed E-state index contributed by atoms with van der Waals surface area (Å²) in [6.45, 7) is 4.94. The summed E-state index contributed by atoms with van der Waals surface area (Å²) in [5.74, 6) is -0.260. The minimum absolute atomic E-state index is 0.0445. The summed E-state index contributed by atoms with van der Waals surface area (Å²) >= 11 is 6.10. The van der Waals surface area contributed by atoms with Crippen LogP contribution in [0.2, 0.25) is 5.02 Å². The van der Waals surface area contributed by atoms with Gasteiger partial charge in [0.2, 0.25) is 5.91 Å². The fourth-order valence-electron chi connectivity index (χ4n) is 3.05. The van der Waals surface area contributed by atoms with Crippen molar-refractivity contribution in [2.24, 2.45) is 0 Å². The molecule has 3 rings (SSSR count). The van der Waals surface area contributed by atoms with Crippen LogP contribution in [0.1, 0.15) is 11.1 Å². The molecular formula is C19H20ClFN2O. The Morgan fingerprint density at radius 1 is 1.12 bits per heavy atom. The third-order valence-corrected chi connectivity index (χ3v) is 4.62.